The minimum atomic E-state index is -0.160. The predicted molar refractivity (Wildman–Crippen MR) is 94.2 cm³/mol. The van der Waals surface area contributed by atoms with Crippen molar-refractivity contribution in [2.45, 2.75) is 38.6 Å². The second kappa shape index (κ2) is 12.4. The molecule has 0 aromatic rings. The molecule has 5 nitrogen and oxygen atoms in total. The van der Waals surface area contributed by atoms with Crippen LogP contribution in [0.3, 0.4) is 0 Å². The Kier molecular flexibility index (Phi) is 12.3. The van der Waals surface area contributed by atoms with E-state index in [1.165, 1.54) is 38.9 Å². The standard InChI is InChI=1S/C15H29N3O2.2ClH/c1-13-5-4-9-18(11-13)8-3-2-6-17-15(19)14-12-20-10-7-16-14;;/h13-14,16H,2-12H2,1H3,(H,17,19);2*1H. The average molecular weight is 356 g/mol. The summed E-state index contributed by atoms with van der Waals surface area (Å²) < 4.78 is 5.29. The van der Waals surface area contributed by atoms with Crippen LogP contribution in [0.2, 0.25) is 0 Å². The van der Waals surface area contributed by atoms with Crippen LogP contribution in [0.4, 0.5) is 0 Å². The highest BCUT2D eigenvalue weighted by Gasteiger charge is 2.20. The zero-order valence-corrected chi connectivity index (χ0v) is 15.1. The molecule has 1 amide bonds. The number of nitrogens with one attached hydrogen (secondary N) is 2. The zero-order valence-electron chi connectivity index (χ0n) is 13.5. The number of carbonyl (C=O) groups excluding carboxylic acids is 1. The third kappa shape index (κ3) is 7.97. The van der Waals surface area contributed by atoms with Gasteiger partial charge in [-0.2, -0.15) is 0 Å². The molecule has 2 aliphatic heterocycles. The van der Waals surface area contributed by atoms with Crippen molar-refractivity contribution in [1.29, 1.82) is 0 Å². The van der Waals surface area contributed by atoms with Crippen LogP contribution in [0.15, 0.2) is 0 Å². The van der Waals surface area contributed by atoms with Crippen LogP contribution in [-0.2, 0) is 9.53 Å². The van der Waals surface area contributed by atoms with Crippen molar-refractivity contribution in [3.8, 4) is 0 Å². The summed E-state index contributed by atoms with van der Waals surface area (Å²) in [6.45, 7) is 8.76. The molecule has 2 rings (SSSR count). The monoisotopic (exact) mass is 355 g/mol. The number of carbonyl (C=O) groups is 1. The van der Waals surface area contributed by atoms with Crippen molar-refractivity contribution >= 4 is 30.7 Å². The van der Waals surface area contributed by atoms with Crippen molar-refractivity contribution < 1.29 is 9.53 Å². The largest absolute Gasteiger partial charge is 0.378 e. The summed E-state index contributed by atoms with van der Waals surface area (Å²) in [4.78, 5) is 14.4. The van der Waals surface area contributed by atoms with E-state index >= 15 is 0 Å². The van der Waals surface area contributed by atoms with Crippen LogP contribution in [0.1, 0.15) is 32.6 Å². The molecular formula is C15H31Cl2N3O2. The number of likely N-dealkylation sites (tertiary alicyclic amines) is 1. The van der Waals surface area contributed by atoms with E-state index in [0.717, 1.165) is 25.4 Å². The number of rotatable bonds is 6. The lowest BCUT2D eigenvalue weighted by molar-refractivity contribution is -0.125. The molecule has 2 heterocycles. The van der Waals surface area contributed by atoms with Gasteiger partial charge < -0.3 is 20.3 Å². The number of piperidine rings is 1. The van der Waals surface area contributed by atoms with E-state index < -0.39 is 0 Å². The minimum Gasteiger partial charge on any atom is -0.378 e. The van der Waals surface area contributed by atoms with Gasteiger partial charge in [-0.3, -0.25) is 4.79 Å². The summed E-state index contributed by atoms with van der Waals surface area (Å²) in [5, 5.41) is 6.17. The zero-order chi connectivity index (χ0) is 14.2. The Morgan fingerprint density at radius 3 is 2.86 bits per heavy atom. The highest BCUT2D eigenvalue weighted by atomic mass is 35.5. The minimum absolute atomic E-state index is 0. The molecule has 0 saturated carbocycles. The lowest BCUT2D eigenvalue weighted by Crippen LogP contribution is -2.51. The summed E-state index contributed by atoms with van der Waals surface area (Å²) in [7, 11) is 0. The van der Waals surface area contributed by atoms with Crippen molar-refractivity contribution in [2.75, 3.05) is 45.9 Å². The van der Waals surface area contributed by atoms with Crippen LogP contribution < -0.4 is 10.6 Å². The van der Waals surface area contributed by atoms with Gasteiger partial charge in [-0.25, -0.2) is 0 Å². The molecule has 2 atom stereocenters. The van der Waals surface area contributed by atoms with Crippen LogP contribution in [-0.4, -0.2) is 62.8 Å². The maximum absolute atomic E-state index is 11.8. The second-order valence-electron chi connectivity index (χ2n) is 6.13. The number of ether oxygens (including phenoxy) is 1. The summed E-state index contributed by atoms with van der Waals surface area (Å²) in [5.41, 5.74) is 0. The van der Waals surface area contributed by atoms with Crippen LogP contribution >= 0.6 is 24.8 Å². The van der Waals surface area contributed by atoms with Gasteiger partial charge in [-0.1, -0.05) is 6.92 Å². The van der Waals surface area contributed by atoms with Gasteiger partial charge in [0.2, 0.25) is 5.91 Å². The quantitative estimate of drug-likeness (QED) is 0.708. The topological polar surface area (TPSA) is 53.6 Å². The normalized spacial score (nSPS) is 25.7. The number of nitrogens with zero attached hydrogens (tertiary/aromatic N) is 1. The maximum Gasteiger partial charge on any atom is 0.239 e. The Morgan fingerprint density at radius 1 is 1.36 bits per heavy atom. The van der Waals surface area contributed by atoms with Gasteiger partial charge >= 0.3 is 0 Å². The van der Waals surface area contributed by atoms with Crippen LogP contribution in [0.25, 0.3) is 0 Å². The molecule has 2 saturated heterocycles. The number of amides is 1. The Balaban J connectivity index is 0.00000220. The lowest BCUT2D eigenvalue weighted by Gasteiger charge is -2.30. The van der Waals surface area contributed by atoms with Crippen molar-refractivity contribution in [3.05, 3.63) is 0 Å². The maximum atomic E-state index is 11.8. The molecule has 22 heavy (non-hydrogen) atoms. The third-order valence-corrected chi connectivity index (χ3v) is 4.18. The summed E-state index contributed by atoms with van der Waals surface area (Å²) >= 11 is 0. The predicted octanol–water partition coefficient (Wildman–Crippen LogP) is 1.45. The van der Waals surface area contributed by atoms with Gasteiger partial charge in [-0.15, -0.1) is 24.8 Å². The van der Waals surface area contributed by atoms with Crippen LogP contribution in [0, 0.1) is 5.92 Å². The van der Waals surface area contributed by atoms with E-state index in [1.807, 2.05) is 0 Å². The highest BCUT2D eigenvalue weighted by molar-refractivity contribution is 5.85. The molecule has 0 spiro atoms. The molecule has 2 aliphatic rings. The van der Waals surface area contributed by atoms with Gasteiger partial charge in [0, 0.05) is 19.6 Å². The van der Waals surface area contributed by atoms with Crippen molar-refractivity contribution in [3.63, 3.8) is 0 Å². The molecule has 7 heteroatoms. The highest BCUT2D eigenvalue weighted by Crippen LogP contribution is 2.15. The van der Waals surface area contributed by atoms with Crippen LogP contribution in [0.5, 0.6) is 0 Å². The lowest BCUT2D eigenvalue weighted by atomic mass is 10.0. The molecule has 0 bridgehead atoms. The number of hydrogen-bond donors (Lipinski definition) is 2. The second-order valence-corrected chi connectivity index (χ2v) is 6.13. The SMILES string of the molecule is CC1CCCN(CCCCNC(=O)C2COCCN2)C1.Cl.Cl. The first-order valence-corrected chi connectivity index (χ1v) is 8.07. The van der Waals surface area contributed by atoms with Gasteiger partial charge in [0.1, 0.15) is 6.04 Å². The van der Waals surface area contributed by atoms with Crippen molar-refractivity contribution in [1.82, 2.24) is 15.5 Å². The number of morpholine rings is 1. The number of hydrogen-bond acceptors (Lipinski definition) is 4. The van der Waals surface area contributed by atoms with E-state index in [0.29, 0.717) is 13.2 Å². The molecule has 2 N–H and O–H groups in total. The molecule has 0 aromatic carbocycles. The smallest absolute Gasteiger partial charge is 0.239 e. The fourth-order valence-electron chi connectivity index (χ4n) is 3.02. The number of unbranched alkanes of at least 4 members (excludes halogenated alkanes) is 1. The van der Waals surface area contributed by atoms with Crippen molar-refractivity contribution in [2.24, 2.45) is 5.92 Å². The van der Waals surface area contributed by atoms with Gasteiger partial charge in [-0.05, 0) is 44.7 Å². The first kappa shape index (κ1) is 21.9. The fraction of sp³-hybridized carbons (Fsp3) is 0.933. The molecular weight excluding hydrogens is 325 g/mol. The van der Waals surface area contributed by atoms with E-state index in [1.54, 1.807) is 0 Å². The molecule has 0 aromatic heterocycles. The number of halogens is 2. The summed E-state index contributed by atoms with van der Waals surface area (Å²) in [5.74, 6) is 0.928. The Hall–Kier alpha value is -0.0700. The summed E-state index contributed by atoms with van der Waals surface area (Å²) in [6, 6.07) is -0.160. The average Bonchev–Trinajstić information content (AvgIpc) is 2.48. The molecule has 2 unspecified atom stereocenters. The van der Waals surface area contributed by atoms with E-state index in [4.69, 9.17) is 4.74 Å². The Bertz CT molecular complexity index is 303. The van der Waals surface area contributed by atoms with Gasteiger partial charge in [0.15, 0.2) is 0 Å². The first-order valence-electron chi connectivity index (χ1n) is 8.07. The first-order chi connectivity index (χ1) is 9.75. The Labute approximate surface area is 146 Å². The third-order valence-electron chi connectivity index (χ3n) is 4.18. The van der Waals surface area contributed by atoms with E-state index in [2.05, 4.69) is 22.5 Å². The van der Waals surface area contributed by atoms with Gasteiger partial charge in [0.25, 0.3) is 0 Å². The molecule has 2 fully saturated rings. The van der Waals surface area contributed by atoms with E-state index in [9.17, 15) is 4.79 Å². The Morgan fingerprint density at radius 2 is 2.18 bits per heavy atom. The fourth-order valence-corrected chi connectivity index (χ4v) is 3.02. The molecule has 0 radical (unpaired) electrons. The van der Waals surface area contributed by atoms with Gasteiger partial charge in [0.05, 0.1) is 13.2 Å². The summed E-state index contributed by atoms with van der Waals surface area (Å²) in [6.07, 6.45) is 4.94. The van der Waals surface area contributed by atoms with E-state index in [-0.39, 0.29) is 36.8 Å². The molecule has 132 valence electrons. The molecule has 0 aliphatic carbocycles.